The van der Waals surface area contributed by atoms with Gasteiger partial charge in [-0.2, -0.15) is 5.10 Å². The third-order valence-electron chi connectivity index (χ3n) is 4.35. The highest BCUT2D eigenvalue weighted by molar-refractivity contribution is 7.99. The van der Waals surface area contributed by atoms with Crippen molar-refractivity contribution < 1.29 is 9.59 Å². The van der Waals surface area contributed by atoms with Gasteiger partial charge in [-0.05, 0) is 55.6 Å². The van der Waals surface area contributed by atoms with Gasteiger partial charge in [-0.15, -0.1) is 21.5 Å². The number of rotatable bonds is 7. The topological polar surface area (TPSA) is 133 Å². The summed E-state index contributed by atoms with van der Waals surface area (Å²) in [6, 6.07) is 12.4. The van der Waals surface area contributed by atoms with E-state index >= 15 is 0 Å². The minimum Gasteiger partial charge on any atom is -0.334 e. The fraction of sp³-hybridized carbons (Fsp3) is 0.150. The lowest BCUT2D eigenvalue weighted by Gasteiger charge is -2.08. The van der Waals surface area contributed by atoms with Gasteiger partial charge in [0.05, 0.1) is 16.3 Å². The zero-order chi connectivity index (χ0) is 22.7. The number of amides is 2. The maximum atomic E-state index is 12.3. The first-order valence-electron chi connectivity index (χ1n) is 9.52. The molecule has 4 rings (SSSR count). The van der Waals surface area contributed by atoms with Crippen LogP contribution in [0.4, 0.5) is 11.4 Å². The summed E-state index contributed by atoms with van der Waals surface area (Å²) < 4.78 is 2.91. The van der Waals surface area contributed by atoms with E-state index in [1.807, 2.05) is 31.4 Å². The molecule has 3 heterocycles. The van der Waals surface area contributed by atoms with Crippen molar-refractivity contribution in [3.63, 3.8) is 0 Å². The van der Waals surface area contributed by atoms with E-state index in [9.17, 15) is 9.59 Å². The van der Waals surface area contributed by atoms with Crippen molar-refractivity contribution in [1.29, 1.82) is 0 Å². The van der Waals surface area contributed by atoms with Gasteiger partial charge in [-0.1, -0.05) is 17.8 Å². The minimum atomic E-state index is -0.221. The number of hydrogen-bond donors (Lipinski definition) is 3. The molecule has 0 atom stereocenters. The van der Waals surface area contributed by atoms with Crippen LogP contribution in [0.25, 0.3) is 5.95 Å². The zero-order valence-corrected chi connectivity index (χ0v) is 18.9. The van der Waals surface area contributed by atoms with Crippen molar-refractivity contribution >= 4 is 46.3 Å². The van der Waals surface area contributed by atoms with Gasteiger partial charge in [-0.25, -0.2) is 9.36 Å². The van der Waals surface area contributed by atoms with Gasteiger partial charge < -0.3 is 16.5 Å². The number of aromatic nitrogens is 5. The molecule has 0 radical (unpaired) electrons. The Morgan fingerprint density at radius 2 is 1.81 bits per heavy atom. The highest BCUT2D eigenvalue weighted by Gasteiger charge is 2.16. The standard InChI is InChI=1S/C20H20N8O2S2/c1-12-10-13(2)28(26-12)19-24-25-20(27(19)21)32-11-17(29)22-14-5-7-15(8-6-14)23-18(30)16-4-3-9-31-16/h3-10H,11,21H2,1-2H3,(H,22,29)(H,23,30). The quantitative estimate of drug-likeness (QED) is 0.281. The van der Waals surface area contributed by atoms with E-state index in [0.717, 1.165) is 11.4 Å². The lowest BCUT2D eigenvalue weighted by Crippen LogP contribution is -2.18. The van der Waals surface area contributed by atoms with Crippen molar-refractivity contribution in [2.75, 3.05) is 22.2 Å². The van der Waals surface area contributed by atoms with Crippen LogP contribution in [0.3, 0.4) is 0 Å². The Morgan fingerprint density at radius 3 is 2.44 bits per heavy atom. The number of anilines is 2. The molecule has 0 aliphatic rings. The molecular formula is C20H20N8O2S2. The Balaban J connectivity index is 1.32. The largest absolute Gasteiger partial charge is 0.334 e. The summed E-state index contributed by atoms with van der Waals surface area (Å²) in [6.07, 6.45) is 0. The van der Waals surface area contributed by atoms with E-state index in [-0.39, 0.29) is 17.6 Å². The first-order chi connectivity index (χ1) is 15.4. The highest BCUT2D eigenvalue weighted by atomic mass is 32.2. The van der Waals surface area contributed by atoms with Crippen molar-refractivity contribution in [2.45, 2.75) is 19.0 Å². The van der Waals surface area contributed by atoms with E-state index in [0.29, 0.717) is 27.4 Å². The van der Waals surface area contributed by atoms with Gasteiger partial charge >= 0.3 is 0 Å². The van der Waals surface area contributed by atoms with Crippen LogP contribution in [0.2, 0.25) is 0 Å². The Labute approximate surface area is 191 Å². The summed E-state index contributed by atoms with van der Waals surface area (Å²) in [4.78, 5) is 25.1. The van der Waals surface area contributed by atoms with E-state index in [1.54, 1.807) is 35.0 Å². The number of nitrogens with two attached hydrogens (primary N) is 1. The smallest absolute Gasteiger partial charge is 0.271 e. The maximum Gasteiger partial charge on any atom is 0.271 e. The van der Waals surface area contributed by atoms with E-state index in [4.69, 9.17) is 5.84 Å². The molecule has 4 aromatic rings. The molecule has 3 aromatic heterocycles. The fourth-order valence-corrected chi connectivity index (χ4v) is 4.18. The van der Waals surface area contributed by atoms with Crippen LogP contribution in [0.1, 0.15) is 21.1 Å². The van der Waals surface area contributed by atoms with Crippen LogP contribution < -0.4 is 16.5 Å². The lowest BCUT2D eigenvalue weighted by molar-refractivity contribution is -0.113. The van der Waals surface area contributed by atoms with Gasteiger partial charge in [0.15, 0.2) is 0 Å². The normalized spacial score (nSPS) is 10.8. The van der Waals surface area contributed by atoms with Crippen molar-refractivity contribution in [2.24, 2.45) is 0 Å². The summed E-state index contributed by atoms with van der Waals surface area (Å²) in [5.74, 6) is 6.17. The number of carbonyl (C=O) groups is 2. The second kappa shape index (κ2) is 9.24. The van der Waals surface area contributed by atoms with Crippen molar-refractivity contribution in [1.82, 2.24) is 24.7 Å². The molecule has 32 heavy (non-hydrogen) atoms. The van der Waals surface area contributed by atoms with Gasteiger partial charge in [0.2, 0.25) is 11.1 Å². The number of thioether (sulfide) groups is 1. The second-order valence-corrected chi connectivity index (χ2v) is 8.73. The van der Waals surface area contributed by atoms with Crippen LogP contribution in [0, 0.1) is 13.8 Å². The molecule has 2 amide bonds. The third-order valence-corrected chi connectivity index (χ3v) is 6.16. The molecule has 0 saturated heterocycles. The van der Waals surface area contributed by atoms with E-state index in [1.165, 1.54) is 27.8 Å². The molecule has 164 valence electrons. The number of benzene rings is 1. The number of hydrogen-bond acceptors (Lipinski definition) is 8. The molecule has 4 N–H and O–H groups in total. The monoisotopic (exact) mass is 468 g/mol. The first kappa shape index (κ1) is 21.6. The molecule has 0 bridgehead atoms. The second-order valence-electron chi connectivity index (χ2n) is 6.84. The number of thiophene rings is 1. The lowest BCUT2D eigenvalue weighted by atomic mass is 10.2. The first-order valence-corrected chi connectivity index (χ1v) is 11.4. The Bertz CT molecular complexity index is 1250. The van der Waals surface area contributed by atoms with Gasteiger partial charge in [-0.3, -0.25) is 9.59 Å². The molecule has 0 aliphatic carbocycles. The van der Waals surface area contributed by atoms with Crippen LogP contribution in [0.5, 0.6) is 0 Å². The predicted molar refractivity (Wildman–Crippen MR) is 125 cm³/mol. The van der Waals surface area contributed by atoms with Gasteiger partial charge in [0.25, 0.3) is 11.9 Å². The van der Waals surface area contributed by atoms with Gasteiger partial charge in [0, 0.05) is 17.1 Å². The van der Waals surface area contributed by atoms with Crippen LogP contribution in [-0.2, 0) is 4.79 Å². The molecule has 0 aliphatic heterocycles. The number of nitrogens with zero attached hydrogens (tertiary/aromatic N) is 5. The Hall–Kier alpha value is -3.64. The van der Waals surface area contributed by atoms with Crippen LogP contribution >= 0.6 is 23.1 Å². The zero-order valence-electron chi connectivity index (χ0n) is 17.3. The summed E-state index contributed by atoms with van der Waals surface area (Å²) >= 11 is 2.54. The third kappa shape index (κ3) is 4.81. The predicted octanol–water partition coefficient (Wildman–Crippen LogP) is 2.84. The summed E-state index contributed by atoms with van der Waals surface area (Å²) in [5, 5.41) is 20.3. The average Bonchev–Trinajstić information content (AvgIpc) is 3.49. The molecular weight excluding hydrogens is 448 g/mol. The van der Waals surface area contributed by atoms with Crippen LogP contribution in [0.15, 0.2) is 53.0 Å². The van der Waals surface area contributed by atoms with Crippen LogP contribution in [-0.4, -0.2) is 42.2 Å². The molecule has 12 heteroatoms. The summed E-state index contributed by atoms with van der Waals surface area (Å²) in [6.45, 7) is 3.78. The highest BCUT2D eigenvalue weighted by Crippen LogP contribution is 2.19. The molecule has 0 unspecified atom stereocenters. The van der Waals surface area contributed by atoms with Crippen molar-refractivity contribution in [3.8, 4) is 5.95 Å². The Kier molecular flexibility index (Phi) is 6.23. The minimum absolute atomic E-state index is 0.101. The SMILES string of the molecule is Cc1cc(C)n(-c2nnc(SCC(=O)Nc3ccc(NC(=O)c4cccs4)cc3)n2N)n1. The molecule has 0 saturated carbocycles. The summed E-state index contributed by atoms with van der Waals surface area (Å²) in [5.41, 5.74) is 2.98. The number of nitrogens with one attached hydrogen (secondary N) is 2. The van der Waals surface area contributed by atoms with Crippen molar-refractivity contribution in [3.05, 3.63) is 64.1 Å². The fourth-order valence-electron chi connectivity index (χ4n) is 2.91. The van der Waals surface area contributed by atoms with E-state index in [2.05, 4.69) is 25.9 Å². The molecule has 0 fully saturated rings. The van der Waals surface area contributed by atoms with E-state index < -0.39 is 0 Å². The summed E-state index contributed by atoms with van der Waals surface area (Å²) in [7, 11) is 0. The molecule has 0 spiro atoms. The molecule has 1 aromatic carbocycles. The number of carbonyl (C=O) groups excluding carboxylic acids is 2. The number of nitrogen functional groups attached to an aromatic ring is 1. The molecule has 10 nitrogen and oxygen atoms in total. The van der Waals surface area contributed by atoms with Gasteiger partial charge in [0.1, 0.15) is 0 Å². The number of aryl methyl sites for hydroxylation is 2. The average molecular weight is 469 g/mol. The maximum absolute atomic E-state index is 12.3. The Morgan fingerprint density at radius 1 is 1.09 bits per heavy atom.